The number of hydrogen-bond donors (Lipinski definition) is 1. The Bertz CT molecular complexity index is 1430. The number of nitrogens with zero attached hydrogens (tertiary/aromatic N) is 4. The van der Waals surface area contributed by atoms with E-state index in [1.165, 1.54) is 31.9 Å². The zero-order valence-electron chi connectivity index (χ0n) is 22.3. The normalized spacial score (nSPS) is 19.5. The molecule has 6 heterocycles. The Morgan fingerprint density at radius 3 is 2.78 bits per heavy atom. The first-order chi connectivity index (χ1) is 18.0. The number of thiophene rings is 1. The number of aromatic amines is 1. The minimum absolute atomic E-state index is 0.0591. The molecule has 1 atom stereocenters. The molecule has 0 aliphatic carbocycles. The van der Waals surface area contributed by atoms with Gasteiger partial charge in [0.25, 0.3) is 0 Å². The molecule has 1 amide bonds. The van der Waals surface area contributed by atoms with E-state index in [2.05, 4.69) is 59.9 Å². The maximum Gasteiger partial charge on any atom is 0.228 e. The lowest BCUT2D eigenvalue weighted by Crippen LogP contribution is -2.43. The number of likely N-dealkylation sites (tertiary alicyclic amines) is 1. The summed E-state index contributed by atoms with van der Waals surface area (Å²) in [5.41, 5.74) is 7.28. The van der Waals surface area contributed by atoms with Crippen LogP contribution < -0.4 is 0 Å². The minimum atomic E-state index is 0.0591. The quantitative estimate of drug-likeness (QED) is 0.347. The first-order valence-corrected chi connectivity index (χ1v) is 14.6. The highest BCUT2D eigenvalue weighted by Crippen LogP contribution is 2.46. The molecule has 4 aromatic rings. The first-order valence-electron chi connectivity index (χ1n) is 13.8. The van der Waals surface area contributed by atoms with Crippen LogP contribution in [0.3, 0.4) is 0 Å². The third-order valence-electron chi connectivity index (χ3n) is 8.28. The van der Waals surface area contributed by atoms with Crippen LogP contribution in [0, 0.1) is 12.8 Å². The molecule has 1 N–H and O–H groups in total. The number of piperidine rings is 1. The molecule has 196 valence electrons. The molecule has 2 fully saturated rings. The van der Waals surface area contributed by atoms with Gasteiger partial charge >= 0.3 is 0 Å². The van der Waals surface area contributed by atoms with Crippen molar-refractivity contribution in [3.8, 4) is 11.3 Å². The molecule has 0 unspecified atom stereocenters. The van der Waals surface area contributed by atoms with E-state index < -0.39 is 0 Å². The molecule has 2 aliphatic rings. The van der Waals surface area contributed by atoms with Crippen LogP contribution in [0.5, 0.6) is 0 Å². The highest BCUT2D eigenvalue weighted by atomic mass is 32.1. The van der Waals surface area contributed by atoms with Crippen molar-refractivity contribution in [1.29, 1.82) is 0 Å². The number of amides is 1. The highest BCUT2D eigenvalue weighted by molar-refractivity contribution is 7.19. The molecule has 37 heavy (non-hydrogen) atoms. The molecular weight excluding hydrogens is 482 g/mol. The molecule has 0 saturated carbocycles. The minimum Gasteiger partial charge on any atom is -0.381 e. The predicted molar refractivity (Wildman–Crippen MR) is 148 cm³/mol. The second-order valence-electron chi connectivity index (χ2n) is 11.0. The zero-order chi connectivity index (χ0) is 25.7. The third-order valence-corrected chi connectivity index (χ3v) is 9.59. The van der Waals surface area contributed by atoms with E-state index in [-0.39, 0.29) is 5.92 Å². The Morgan fingerprint density at radius 2 is 2.08 bits per heavy atom. The van der Waals surface area contributed by atoms with Gasteiger partial charge in [0.2, 0.25) is 5.91 Å². The van der Waals surface area contributed by atoms with Gasteiger partial charge in [-0.15, -0.1) is 11.3 Å². The van der Waals surface area contributed by atoms with Crippen LogP contribution in [0.1, 0.15) is 79.9 Å². The summed E-state index contributed by atoms with van der Waals surface area (Å²) in [4.78, 5) is 26.1. The topological polar surface area (TPSA) is 75.5 Å². The van der Waals surface area contributed by atoms with Gasteiger partial charge < -0.3 is 14.6 Å². The fraction of sp³-hybridized carbons (Fsp3) is 0.552. The van der Waals surface area contributed by atoms with Crippen molar-refractivity contribution in [2.45, 2.75) is 71.6 Å². The Labute approximate surface area is 222 Å². The molecule has 0 spiro atoms. The first kappa shape index (κ1) is 24.6. The van der Waals surface area contributed by atoms with Gasteiger partial charge in [-0.25, -0.2) is 9.50 Å². The van der Waals surface area contributed by atoms with Crippen LogP contribution in [0.15, 0.2) is 18.6 Å². The standard InChI is InChI=1S/C29H37N5O2S/c1-5-22-24-23(17(2)3)25(21-13-18(4)27-30-16-31-34(27)14-21)32-28(24)37-26(22)19-8-10-33(11-9-19)29(35)20-7-6-12-36-15-20/h13-14,16-17,19-20,32H,5-12,15H2,1-4H3/t20-/m0/s1. The fourth-order valence-corrected chi connectivity index (χ4v) is 7.91. The number of H-pyrrole nitrogens is 1. The van der Waals surface area contributed by atoms with Crippen LogP contribution >= 0.6 is 11.3 Å². The SMILES string of the molecule is CCc1c(C2CCN(C(=O)[C@H]3CCCOC3)CC2)sc2[nH]c(-c3cc(C)c4ncnn4c3)c(C(C)C)c12. The number of aromatic nitrogens is 4. The van der Waals surface area contributed by atoms with E-state index >= 15 is 0 Å². The van der Waals surface area contributed by atoms with Crippen LogP contribution in [0.4, 0.5) is 0 Å². The lowest BCUT2D eigenvalue weighted by molar-refractivity contribution is -0.140. The zero-order valence-corrected chi connectivity index (χ0v) is 23.2. The number of ether oxygens (including phenoxy) is 1. The summed E-state index contributed by atoms with van der Waals surface area (Å²) >= 11 is 1.94. The van der Waals surface area contributed by atoms with Gasteiger partial charge in [-0.05, 0) is 73.6 Å². The van der Waals surface area contributed by atoms with Crippen LogP contribution in [0.25, 0.3) is 27.1 Å². The third kappa shape index (κ3) is 4.28. The van der Waals surface area contributed by atoms with Crippen LogP contribution in [0.2, 0.25) is 0 Å². The highest BCUT2D eigenvalue weighted by Gasteiger charge is 2.32. The van der Waals surface area contributed by atoms with Crippen molar-refractivity contribution in [3.05, 3.63) is 40.2 Å². The van der Waals surface area contributed by atoms with Crippen LogP contribution in [-0.2, 0) is 16.0 Å². The summed E-state index contributed by atoms with van der Waals surface area (Å²) in [7, 11) is 0. The average molecular weight is 520 g/mol. The summed E-state index contributed by atoms with van der Waals surface area (Å²) in [5, 5.41) is 5.82. The predicted octanol–water partition coefficient (Wildman–Crippen LogP) is 6.07. The summed E-state index contributed by atoms with van der Waals surface area (Å²) in [6.45, 7) is 12.1. The smallest absolute Gasteiger partial charge is 0.228 e. The number of rotatable bonds is 5. The summed E-state index contributed by atoms with van der Waals surface area (Å²) < 4.78 is 7.46. The van der Waals surface area contributed by atoms with E-state index in [9.17, 15) is 4.79 Å². The van der Waals surface area contributed by atoms with Gasteiger partial charge in [0.15, 0.2) is 5.65 Å². The van der Waals surface area contributed by atoms with E-state index in [1.54, 1.807) is 6.33 Å². The lowest BCUT2D eigenvalue weighted by atomic mass is 9.88. The Kier molecular flexibility index (Phi) is 6.57. The average Bonchev–Trinajstić information content (AvgIpc) is 3.62. The van der Waals surface area contributed by atoms with Crippen molar-refractivity contribution in [2.24, 2.45) is 5.92 Å². The van der Waals surface area contributed by atoms with Gasteiger partial charge in [0.1, 0.15) is 11.2 Å². The number of aryl methyl sites for hydroxylation is 2. The summed E-state index contributed by atoms with van der Waals surface area (Å²) in [6.07, 6.45) is 8.78. The number of fused-ring (bicyclic) bond motifs is 2. The van der Waals surface area contributed by atoms with Gasteiger partial charge in [-0.3, -0.25) is 4.79 Å². The number of hydrogen-bond acceptors (Lipinski definition) is 5. The molecule has 8 heteroatoms. The maximum atomic E-state index is 13.0. The van der Waals surface area contributed by atoms with Gasteiger partial charge in [-0.1, -0.05) is 20.8 Å². The monoisotopic (exact) mass is 519 g/mol. The molecule has 0 bridgehead atoms. The fourth-order valence-electron chi connectivity index (χ4n) is 6.43. The molecular formula is C29H37N5O2S. The van der Waals surface area contributed by atoms with E-state index in [0.717, 1.165) is 68.6 Å². The second-order valence-corrected chi connectivity index (χ2v) is 12.1. The number of nitrogens with one attached hydrogen (secondary N) is 1. The maximum absolute atomic E-state index is 13.0. The summed E-state index contributed by atoms with van der Waals surface area (Å²) in [6, 6.07) is 2.22. The molecule has 4 aromatic heterocycles. The molecule has 2 aliphatic heterocycles. The van der Waals surface area contributed by atoms with E-state index in [0.29, 0.717) is 24.3 Å². The van der Waals surface area contributed by atoms with Gasteiger partial charge in [-0.2, -0.15) is 5.10 Å². The van der Waals surface area contributed by atoms with Crippen molar-refractivity contribution in [1.82, 2.24) is 24.5 Å². The molecule has 2 saturated heterocycles. The Hall–Kier alpha value is -2.71. The largest absolute Gasteiger partial charge is 0.381 e. The second kappa shape index (κ2) is 9.87. The molecule has 0 aromatic carbocycles. The summed E-state index contributed by atoms with van der Waals surface area (Å²) in [5.74, 6) is 1.27. The number of carbonyl (C=O) groups excluding carboxylic acids is 1. The Balaban J connectivity index is 1.31. The molecule has 0 radical (unpaired) electrons. The van der Waals surface area contributed by atoms with Crippen LogP contribution in [-0.4, -0.2) is 56.7 Å². The molecule has 6 rings (SSSR count). The molecule has 7 nitrogen and oxygen atoms in total. The van der Waals surface area contributed by atoms with Crippen molar-refractivity contribution < 1.29 is 9.53 Å². The van der Waals surface area contributed by atoms with Crippen molar-refractivity contribution in [2.75, 3.05) is 26.3 Å². The lowest BCUT2D eigenvalue weighted by Gasteiger charge is -2.35. The Morgan fingerprint density at radius 1 is 1.27 bits per heavy atom. The van der Waals surface area contributed by atoms with E-state index in [1.807, 2.05) is 15.9 Å². The van der Waals surface area contributed by atoms with E-state index in [4.69, 9.17) is 4.74 Å². The van der Waals surface area contributed by atoms with Gasteiger partial charge in [0.05, 0.1) is 18.2 Å². The number of carbonyl (C=O) groups is 1. The van der Waals surface area contributed by atoms with Crippen molar-refractivity contribution >= 4 is 33.1 Å². The number of pyridine rings is 1. The van der Waals surface area contributed by atoms with Crippen molar-refractivity contribution in [3.63, 3.8) is 0 Å². The van der Waals surface area contributed by atoms with Gasteiger partial charge in [0, 0.05) is 41.7 Å².